The number of carbonyl (C=O) groups is 2. The topological polar surface area (TPSA) is 57.6 Å². The summed E-state index contributed by atoms with van der Waals surface area (Å²) in [5.41, 5.74) is -0.566. The van der Waals surface area contributed by atoms with Gasteiger partial charge in [0.05, 0.1) is 5.56 Å². The molecule has 0 radical (unpaired) electrons. The van der Waals surface area contributed by atoms with Crippen LogP contribution < -0.4 is 0 Å². The summed E-state index contributed by atoms with van der Waals surface area (Å²) < 4.78 is 37.6. The SMILES string of the molecule is O=C(O)CC[C@H]1CCCN(C(=O)c2ccc(C(F)(F)F)cc2)C1. The fourth-order valence-corrected chi connectivity index (χ4v) is 2.80. The molecular formula is C16H18F3NO3. The smallest absolute Gasteiger partial charge is 0.416 e. The summed E-state index contributed by atoms with van der Waals surface area (Å²) in [7, 11) is 0. The summed E-state index contributed by atoms with van der Waals surface area (Å²) in [6, 6.07) is 4.18. The van der Waals surface area contributed by atoms with Crippen molar-refractivity contribution in [1.82, 2.24) is 4.90 Å². The van der Waals surface area contributed by atoms with E-state index >= 15 is 0 Å². The monoisotopic (exact) mass is 329 g/mol. The van der Waals surface area contributed by atoms with Crippen LogP contribution in [0.5, 0.6) is 0 Å². The van der Waals surface area contributed by atoms with Crippen molar-refractivity contribution < 1.29 is 27.9 Å². The van der Waals surface area contributed by atoms with Crippen molar-refractivity contribution in [3.8, 4) is 0 Å². The fraction of sp³-hybridized carbons (Fsp3) is 0.500. The Bertz CT molecular complexity index is 569. The van der Waals surface area contributed by atoms with Gasteiger partial charge in [0.1, 0.15) is 0 Å². The van der Waals surface area contributed by atoms with Crippen LogP contribution in [0.1, 0.15) is 41.6 Å². The molecule has 126 valence electrons. The Labute approximate surface area is 131 Å². The third-order valence-corrected chi connectivity index (χ3v) is 4.03. The van der Waals surface area contributed by atoms with E-state index in [4.69, 9.17) is 5.11 Å². The molecule has 0 aliphatic carbocycles. The molecule has 1 heterocycles. The van der Waals surface area contributed by atoms with Gasteiger partial charge < -0.3 is 10.0 Å². The molecule has 1 amide bonds. The van der Waals surface area contributed by atoms with Gasteiger partial charge in [0.15, 0.2) is 0 Å². The van der Waals surface area contributed by atoms with Crippen LogP contribution in [-0.2, 0) is 11.0 Å². The van der Waals surface area contributed by atoms with E-state index in [1.54, 1.807) is 4.90 Å². The zero-order chi connectivity index (χ0) is 17.0. The number of carboxylic acid groups (broad SMARTS) is 1. The molecule has 0 unspecified atom stereocenters. The highest BCUT2D eigenvalue weighted by atomic mass is 19.4. The number of rotatable bonds is 4. The molecule has 1 aliphatic rings. The molecule has 1 fully saturated rings. The standard InChI is InChI=1S/C16H18F3NO3/c17-16(18,19)13-6-4-12(5-7-13)15(23)20-9-1-2-11(10-20)3-8-14(21)22/h4-7,11H,1-3,8-10H2,(H,21,22)/t11-/m1/s1. The predicted octanol–water partition coefficient (Wildman–Crippen LogP) is 3.42. The van der Waals surface area contributed by atoms with Crippen molar-refractivity contribution in [3.63, 3.8) is 0 Å². The third kappa shape index (κ3) is 4.71. The molecule has 1 N–H and O–H groups in total. The largest absolute Gasteiger partial charge is 0.481 e. The number of benzene rings is 1. The molecule has 23 heavy (non-hydrogen) atoms. The van der Waals surface area contributed by atoms with Gasteiger partial charge in [-0.3, -0.25) is 9.59 Å². The number of piperidine rings is 1. The summed E-state index contributed by atoms with van der Waals surface area (Å²) in [5.74, 6) is -1.05. The van der Waals surface area contributed by atoms with Crippen molar-refractivity contribution in [2.45, 2.75) is 31.9 Å². The maximum absolute atomic E-state index is 12.5. The minimum Gasteiger partial charge on any atom is -0.481 e. The molecule has 7 heteroatoms. The summed E-state index contributed by atoms with van der Waals surface area (Å²) in [6.07, 6.45) is -2.21. The maximum Gasteiger partial charge on any atom is 0.416 e. The van der Waals surface area contributed by atoms with Gasteiger partial charge in [-0.05, 0) is 49.4 Å². The highest BCUT2D eigenvalue weighted by molar-refractivity contribution is 5.94. The Kier molecular flexibility index (Phi) is 5.28. The Balaban J connectivity index is 2.00. The molecule has 1 aliphatic heterocycles. The second-order valence-electron chi connectivity index (χ2n) is 5.77. The Morgan fingerprint density at radius 1 is 1.22 bits per heavy atom. The number of likely N-dealkylation sites (tertiary alicyclic amines) is 1. The number of halogens is 3. The Hall–Kier alpha value is -2.05. The summed E-state index contributed by atoms with van der Waals surface area (Å²) in [6.45, 7) is 0.997. The van der Waals surface area contributed by atoms with Crippen LogP contribution in [0.4, 0.5) is 13.2 Å². The van der Waals surface area contributed by atoms with Crippen LogP contribution in [0.25, 0.3) is 0 Å². The lowest BCUT2D eigenvalue weighted by molar-refractivity contribution is -0.138. The Morgan fingerprint density at radius 2 is 1.87 bits per heavy atom. The number of carboxylic acids is 1. The van der Waals surface area contributed by atoms with Gasteiger partial charge in [-0.15, -0.1) is 0 Å². The zero-order valence-corrected chi connectivity index (χ0v) is 12.5. The molecule has 2 rings (SSSR count). The minimum absolute atomic E-state index is 0.0625. The van der Waals surface area contributed by atoms with Crippen molar-refractivity contribution in [2.24, 2.45) is 5.92 Å². The number of hydrogen-bond donors (Lipinski definition) is 1. The number of alkyl halides is 3. The highest BCUT2D eigenvalue weighted by Crippen LogP contribution is 2.29. The predicted molar refractivity (Wildman–Crippen MR) is 76.9 cm³/mol. The van der Waals surface area contributed by atoms with Gasteiger partial charge in [0, 0.05) is 25.1 Å². The molecule has 1 atom stereocenters. The molecule has 0 spiro atoms. The first-order chi connectivity index (χ1) is 10.8. The second kappa shape index (κ2) is 7.02. The van der Waals surface area contributed by atoms with E-state index in [1.165, 1.54) is 12.1 Å². The molecule has 1 saturated heterocycles. The van der Waals surface area contributed by atoms with Crippen molar-refractivity contribution in [1.29, 1.82) is 0 Å². The lowest BCUT2D eigenvalue weighted by Gasteiger charge is -2.32. The minimum atomic E-state index is -4.42. The van der Waals surface area contributed by atoms with Gasteiger partial charge in [-0.2, -0.15) is 13.2 Å². The van der Waals surface area contributed by atoms with Crippen molar-refractivity contribution in [3.05, 3.63) is 35.4 Å². The normalized spacial score (nSPS) is 18.7. The zero-order valence-electron chi connectivity index (χ0n) is 12.5. The average molecular weight is 329 g/mol. The number of nitrogens with zero attached hydrogens (tertiary/aromatic N) is 1. The van der Waals surface area contributed by atoms with Crippen LogP contribution in [0, 0.1) is 5.92 Å². The first-order valence-electron chi connectivity index (χ1n) is 7.45. The van der Waals surface area contributed by atoms with Gasteiger partial charge in [0.25, 0.3) is 5.91 Å². The molecule has 1 aromatic carbocycles. The fourth-order valence-electron chi connectivity index (χ4n) is 2.80. The van der Waals surface area contributed by atoms with Gasteiger partial charge in [-0.25, -0.2) is 0 Å². The van der Waals surface area contributed by atoms with Crippen LogP contribution in [0.15, 0.2) is 24.3 Å². The summed E-state index contributed by atoms with van der Waals surface area (Å²) in [5, 5.41) is 8.72. The van der Waals surface area contributed by atoms with Crippen LogP contribution in [-0.4, -0.2) is 35.0 Å². The van der Waals surface area contributed by atoms with E-state index in [0.29, 0.717) is 19.5 Å². The van der Waals surface area contributed by atoms with Gasteiger partial charge in [-0.1, -0.05) is 0 Å². The van der Waals surface area contributed by atoms with Crippen molar-refractivity contribution >= 4 is 11.9 Å². The van der Waals surface area contributed by atoms with Crippen LogP contribution in [0.3, 0.4) is 0 Å². The first kappa shape index (κ1) is 17.3. The van der Waals surface area contributed by atoms with E-state index < -0.39 is 17.7 Å². The first-order valence-corrected chi connectivity index (χ1v) is 7.45. The number of aliphatic carboxylic acids is 1. The molecule has 0 aromatic heterocycles. The second-order valence-corrected chi connectivity index (χ2v) is 5.77. The molecule has 1 aromatic rings. The van der Waals surface area contributed by atoms with Crippen LogP contribution >= 0.6 is 0 Å². The highest BCUT2D eigenvalue weighted by Gasteiger charge is 2.31. The summed E-state index contributed by atoms with van der Waals surface area (Å²) >= 11 is 0. The molecule has 0 bridgehead atoms. The quantitative estimate of drug-likeness (QED) is 0.921. The van der Waals surface area contributed by atoms with Crippen molar-refractivity contribution in [2.75, 3.05) is 13.1 Å². The number of hydrogen-bond acceptors (Lipinski definition) is 2. The van der Waals surface area contributed by atoms with E-state index in [9.17, 15) is 22.8 Å². The molecule has 0 saturated carbocycles. The van der Waals surface area contributed by atoms with Crippen LogP contribution in [0.2, 0.25) is 0 Å². The molecule has 4 nitrogen and oxygen atoms in total. The lowest BCUT2D eigenvalue weighted by atomic mass is 9.93. The number of amides is 1. The van der Waals surface area contributed by atoms with E-state index in [2.05, 4.69) is 0 Å². The Morgan fingerprint density at radius 3 is 2.43 bits per heavy atom. The van der Waals surface area contributed by atoms with E-state index in [1.807, 2.05) is 0 Å². The maximum atomic E-state index is 12.5. The molecular weight excluding hydrogens is 311 g/mol. The number of carbonyl (C=O) groups excluding carboxylic acids is 1. The average Bonchev–Trinajstić information content (AvgIpc) is 2.52. The van der Waals surface area contributed by atoms with Gasteiger partial charge in [0.2, 0.25) is 0 Å². The third-order valence-electron chi connectivity index (χ3n) is 4.03. The van der Waals surface area contributed by atoms with Gasteiger partial charge >= 0.3 is 12.1 Å². The lowest BCUT2D eigenvalue weighted by Crippen LogP contribution is -2.40. The summed E-state index contributed by atoms with van der Waals surface area (Å²) in [4.78, 5) is 24.6. The van der Waals surface area contributed by atoms with E-state index in [0.717, 1.165) is 25.0 Å². The van der Waals surface area contributed by atoms with E-state index in [-0.39, 0.29) is 23.8 Å².